The highest BCUT2D eigenvalue weighted by atomic mass is 16.7. The van der Waals surface area contributed by atoms with Crippen LogP contribution in [0.5, 0.6) is 0 Å². The van der Waals surface area contributed by atoms with Gasteiger partial charge in [0.25, 0.3) is 0 Å². The summed E-state index contributed by atoms with van der Waals surface area (Å²) in [5, 5.41) is 13.7. The van der Waals surface area contributed by atoms with Crippen molar-refractivity contribution in [3.63, 3.8) is 0 Å². The van der Waals surface area contributed by atoms with Crippen molar-refractivity contribution in [2.24, 2.45) is 0 Å². The molecule has 8 heteroatoms. The van der Waals surface area contributed by atoms with Gasteiger partial charge in [-0.15, -0.1) is 0 Å². The zero-order chi connectivity index (χ0) is 18.0. The van der Waals surface area contributed by atoms with E-state index in [1.807, 2.05) is 40.7 Å². The molecule has 0 aliphatic carbocycles. The molecule has 0 unspecified atom stereocenters. The minimum atomic E-state index is -0.485. The van der Waals surface area contributed by atoms with Crippen LogP contribution in [0.4, 0.5) is 10.6 Å². The van der Waals surface area contributed by atoms with E-state index < -0.39 is 18.3 Å². The highest BCUT2D eigenvalue weighted by molar-refractivity contribution is 6.62. The molecule has 2 N–H and O–H groups in total. The second kappa shape index (κ2) is 6.79. The molecule has 2 amide bonds. The van der Waals surface area contributed by atoms with Gasteiger partial charge < -0.3 is 14.6 Å². The van der Waals surface area contributed by atoms with Crippen molar-refractivity contribution in [1.82, 2.24) is 10.3 Å². The van der Waals surface area contributed by atoms with Crippen LogP contribution in [0.2, 0.25) is 0 Å². The van der Waals surface area contributed by atoms with E-state index >= 15 is 0 Å². The van der Waals surface area contributed by atoms with E-state index in [0.29, 0.717) is 12.4 Å². The Balaban J connectivity index is 2.06. The standard InChI is InChI=1S/C16H23BN4O3/c1-11-9-13(21-14(22)19-8-6-7-18)20-10-12(11)17-23-15(2,3)16(4,5)24-17/h9-10H,6,8H2,1-5H3,(H2,19,20,21,22). The minimum absolute atomic E-state index is 0.265. The lowest BCUT2D eigenvalue weighted by Gasteiger charge is -2.32. The number of carbonyl (C=O) groups is 1. The highest BCUT2D eigenvalue weighted by Gasteiger charge is 2.52. The van der Waals surface area contributed by atoms with Crippen molar-refractivity contribution in [3.8, 4) is 6.07 Å². The number of carbonyl (C=O) groups excluding carboxylic acids is 1. The van der Waals surface area contributed by atoms with Crippen molar-refractivity contribution in [2.45, 2.75) is 52.2 Å². The van der Waals surface area contributed by atoms with Crippen LogP contribution in [-0.4, -0.2) is 35.9 Å². The van der Waals surface area contributed by atoms with Crippen molar-refractivity contribution < 1.29 is 14.1 Å². The average molecular weight is 330 g/mol. The number of nitrogens with one attached hydrogen (secondary N) is 2. The summed E-state index contributed by atoms with van der Waals surface area (Å²) in [5.74, 6) is 0.433. The van der Waals surface area contributed by atoms with Crippen LogP contribution in [0.15, 0.2) is 12.3 Å². The zero-order valence-corrected chi connectivity index (χ0v) is 14.8. The first-order chi connectivity index (χ1) is 11.2. The Kier molecular flexibility index (Phi) is 5.16. The largest absolute Gasteiger partial charge is 0.496 e. The van der Waals surface area contributed by atoms with Crippen molar-refractivity contribution >= 4 is 24.4 Å². The van der Waals surface area contributed by atoms with E-state index in [1.165, 1.54) is 0 Å². The monoisotopic (exact) mass is 330 g/mol. The van der Waals surface area contributed by atoms with Gasteiger partial charge in [0.05, 0.1) is 23.7 Å². The SMILES string of the molecule is Cc1cc(NC(=O)NCCC#N)ncc1B1OC(C)(C)C(C)(C)O1. The van der Waals surface area contributed by atoms with Gasteiger partial charge in [0, 0.05) is 18.2 Å². The number of aryl methyl sites for hydroxylation is 1. The Morgan fingerprint density at radius 1 is 1.33 bits per heavy atom. The molecule has 7 nitrogen and oxygen atoms in total. The summed E-state index contributed by atoms with van der Waals surface area (Å²) in [6.45, 7) is 10.2. The van der Waals surface area contributed by atoms with Crippen LogP contribution in [-0.2, 0) is 9.31 Å². The third-order valence-electron chi connectivity index (χ3n) is 4.42. The summed E-state index contributed by atoms with van der Waals surface area (Å²) in [7, 11) is -0.485. The maximum Gasteiger partial charge on any atom is 0.496 e. The second-order valence-electron chi connectivity index (χ2n) is 6.80. The molecule has 1 aliphatic rings. The predicted molar refractivity (Wildman–Crippen MR) is 91.9 cm³/mol. The fraction of sp³-hybridized carbons (Fsp3) is 0.562. The molecule has 1 aliphatic heterocycles. The van der Waals surface area contributed by atoms with Crippen LogP contribution >= 0.6 is 0 Å². The molecule has 1 aromatic rings. The molecule has 1 fully saturated rings. The molecule has 24 heavy (non-hydrogen) atoms. The van der Waals surface area contributed by atoms with Crippen LogP contribution < -0.4 is 16.1 Å². The normalized spacial score (nSPS) is 18.1. The van der Waals surface area contributed by atoms with Crippen LogP contribution in [0.25, 0.3) is 0 Å². The summed E-state index contributed by atoms with van der Waals surface area (Å²) in [6.07, 6.45) is 1.92. The number of pyridine rings is 1. The lowest BCUT2D eigenvalue weighted by atomic mass is 9.77. The second-order valence-corrected chi connectivity index (χ2v) is 6.80. The molecule has 2 heterocycles. The van der Waals surface area contributed by atoms with E-state index in [4.69, 9.17) is 14.6 Å². The molecular formula is C16H23BN4O3. The van der Waals surface area contributed by atoms with Gasteiger partial charge in [-0.1, -0.05) is 0 Å². The van der Waals surface area contributed by atoms with Gasteiger partial charge >= 0.3 is 13.1 Å². The Bertz CT molecular complexity index is 654. The first-order valence-electron chi connectivity index (χ1n) is 7.90. The number of hydrogen-bond donors (Lipinski definition) is 2. The predicted octanol–water partition coefficient (Wildman–Crippen LogP) is 1.72. The van der Waals surface area contributed by atoms with Crippen molar-refractivity contribution in [2.75, 3.05) is 11.9 Å². The molecule has 0 bridgehead atoms. The number of nitriles is 1. The molecule has 1 saturated heterocycles. The minimum Gasteiger partial charge on any atom is -0.399 e. The Morgan fingerprint density at radius 2 is 1.96 bits per heavy atom. The number of urea groups is 1. The molecular weight excluding hydrogens is 307 g/mol. The third-order valence-corrected chi connectivity index (χ3v) is 4.42. The molecule has 0 aromatic carbocycles. The first-order valence-corrected chi connectivity index (χ1v) is 7.90. The summed E-state index contributed by atoms with van der Waals surface area (Å²) >= 11 is 0. The fourth-order valence-corrected chi connectivity index (χ4v) is 2.24. The highest BCUT2D eigenvalue weighted by Crippen LogP contribution is 2.36. The van der Waals surface area contributed by atoms with E-state index in [1.54, 1.807) is 12.3 Å². The van der Waals surface area contributed by atoms with Crippen molar-refractivity contribution in [1.29, 1.82) is 5.26 Å². The number of aromatic nitrogens is 1. The molecule has 0 radical (unpaired) electrons. The van der Waals surface area contributed by atoms with Gasteiger partial charge in [-0.2, -0.15) is 5.26 Å². The quantitative estimate of drug-likeness (QED) is 0.647. The van der Waals surface area contributed by atoms with Gasteiger partial charge in [0.15, 0.2) is 0 Å². The average Bonchev–Trinajstić information content (AvgIpc) is 2.67. The maximum atomic E-state index is 11.7. The van der Waals surface area contributed by atoms with Gasteiger partial charge in [-0.3, -0.25) is 5.32 Å². The van der Waals surface area contributed by atoms with Crippen LogP contribution in [0, 0.1) is 18.3 Å². The van der Waals surface area contributed by atoms with Crippen LogP contribution in [0.3, 0.4) is 0 Å². The summed E-state index contributed by atoms with van der Waals surface area (Å²) in [5.41, 5.74) is 0.920. The summed E-state index contributed by atoms with van der Waals surface area (Å²) in [4.78, 5) is 15.9. The van der Waals surface area contributed by atoms with Crippen molar-refractivity contribution in [3.05, 3.63) is 17.8 Å². The number of anilines is 1. The smallest absolute Gasteiger partial charge is 0.399 e. The Morgan fingerprint density at radius 3 is 2.50 bits per heavy atom. The first kappa shape index (κ1) is 18.2. The molecule has 0 spiro atoms. The number of nitrogens with zero attached hydrogens (tertiary/aromatic N) is 2. The zero-order valence-electron chi connectivity index (χ0n) is 14.8. The van der Waals surface area contributed by atoms with Gasteiger partial charge in [-0.25, -0.2) is 9.78 Å². The summed E-state index contributed by atoms with van der Waals surface area (Å²) < 4.78 is 12.0. The lowest BCUT2D eigenvalue weighted by Crippen LogP contribution is -2.41. The van der Waals surface area contributed by atoms with E-state index in [9.17, 15) is 4.79 Å². The van der Waals surface area contributed by atoms with Gasteiger partial charge in [0.2, 0.25) is 0 Å². The Labute approximate surface area is 142 Å². The lowest BCUT2D eigenvalue weighted by molar-refractivity contribution is 0.00578. The number of amides is 2. The van der Waals surface area contributed by atoms with Gasteiger partial charge in [-0.05, 0) is 46.2 Å². The summed E-state index contributed by atoms with van der Waals surface area (Å²) in [6, 6.07) is 3.34. The van der Waals surface area contributed by atoms with E-state index in [-0.39, 0.29) is 12.5 Å². The molecule has 128 valence electrons. The third kappa shape index (κ3) is 3.86. The fourth-order valence-electron chi connectivity index (χ4n) is 2.24. The molecule has 1 aromatic heterocycles. The Hall–Kier alpha value is -2.11. The molecule has 2 rings (SSSR count). The van der Waals surface area contributed by atoms with E-state index in [0.717, 1.165) is 11.0 Å². The topological polar surface area (TPSA) is 96.3 Å². The van der Waals surface area contributed by atoms with E-state index in [2.05, 4.69) is 15.6 Å². The van der Waals surface area contributed by atoms with Crippen LogP contribution in [0.1, 0.15) is 39.7 Å². The number of hydrogen-bond acceptors (Lipinski definition) is 5. The number of rotatable bonds is 4. The molecule has 0 saturated carbocycles. The molecule has 0 atom stereocenters. The van der Waals surface area contributed by atoms with Gasteiger partial charge in [0.1, 0.15) is 5.82 Å². The maximum absolute atomic E-state index is 11.7.